The summed E-state index contributed by atoms with van der Waals surface area (Å²) in [6.45, 7) is 13.9. The van der Waals surface area contributed by atoms with E-state index in [2.05, 4.69) is 23.6 Å². The van der Waals surface area contributed by atoms with Gasteiger partial charge in [0.1, 0.15) is 17.7 Å². The van der Waals surface area contributed by atoms with Crippen LogP contribution in [-0.4, -0.2) is 53.0 Å². The van der Waals surface area contributed by atoms with Crippen molar-refractivity contribution in [2.45, 2.75) is 111 Å². The van der Waals surface area contributed by atoms with Crippen LogP contribution >= 0.6 is 11.8 Å². The monoisotopic (exact) mass is 611 g/mol. The second-order valence-electron chi connectivity index (χ2n) is 12.4. The first-order valence-electron chi connectivity index (χ1n) is 15.6. The third kappa shape index (κ3) is 12.6. The van der Waals surface area contributed by atoms with Crippen molar-refractivity contribution in [1.82, 2.24) is 10.2 Å². The number of unbranched alkanes of at least 4 members (excludes halogenated alkanes) is 5. The fourth-order valence-corrected chi connectivity index (χ4v) is 5.60. The lowest BCUT2D eigenvalue weighted by Gasteiger charge is -2.35. The van der Waals surface area contributed by atoms with E-state index in [0.29, 0.717) is 24.4 Å². The number of hydrogen-bond acceptors (Lipinski definition) is 5. The maximum Gasteiger partial charge on any atom is 0.408 e. The van der Waals surface area contributed by atoms with Gasteiger partial charge in [0.05, 0.1) is 0 Å². The molecule has 0 fully saturated rings. The SMILES string of the molecule is CCCCCCCCN(C(=O)C(CCSC)NC(=O)OC(C)(C)C)C(C(=O)Nc1ccccc1C)c1cc(C)cc(C)c1. The summed E-state index contributed by atoms with van der Waals surface area (Å²) < 4.78 is 5.52. The highest BCUT2D eigenvalue weighted by Crippen LogP contribution is 2.28. The van der Waals surface area contributed by atoms with Gasteiger partial charge >= 0.3 is 6.09 Å². The molecule has 3 amide bonds. The second-order valence-corrected chi connectivity index (χ2v) is 13.4. The minimum absolute atomic E-state index is 0.278. The molecule has 0 heterocycles. The minimum atomic E-state index is -0.876. The maximum atomic E-state index is 14.5. The number of benzene rings is 2. The van der Waals surface area contributed by atoms with Gasteiger partial charge in [-0.2, -0.15) is 11.8 Å². The Morgan fingerprint density at radius 2 is 1.56 bits per heavy atom. The van der Waals surface area contributed by atoms with Crippen LogP contribution in [0.1, 0.15) is 101 Å². The molecule has 8 heteroatoms. The van der Waals surface area contributed by atoms with Crippen LogP contribution in [0.3, 0.4) is 0 Å². The van der Waals surface area contributed by atoms with Crippen molar-refractivity contribution < 1.29 is 19.1 Å². The Balaban J connectivity index is 2.55. The summed E-state index contributed by atoms with van der Waals surface area (Å²) >= 11 is 1.60. The summed E-state index contributed by atoms with van der Waals surface area (Å²) in [6.07, 6.45) is 8.03. The standard InChI is InChI=1S/C35H53N3O4S/c1-9-10-11-12-13-16-20-38(33(40)30(19-21-43-8)37-34(41)42-35(5,6)7)31(28-23-25(2)22-26(3)24-28)32(39)36-29-18-15-14-17-27(29)4/h14-15,17-18,22-24,30-31H,9-13,16,19-21H2,1-8H3,(H,36,39)(H,37,41). The van der Waals surface area contributed by atoms with Gasteiger partial charge in [-0.25, -0.2) is 4.79 Å². The minimum Gasteiger partial charge on any atom is -0.444 e. The summed E-state index contributed by atoms with van der Waals surface area (Å²) in [5.74, 6) is 0.109. The number of amides is 3. The van der Waals surface area contributed by atoms with Crippen LogP contribution in [0.25, 0.3) is 0 Å². The number of hydrogen-bond donors (Lipinski definition) is 2. The van der Waals surface area contributed by atoms with E-state index < -0.39 is 23.8 Å². The number of rotatable bonds is 16. The Bertz CT molecular complexity index is 1170. The zero-order valence-electron chi connectivity index (χ0n) is 27.5. The van der Waals surface area contributed by atoms with Gasteiger partial charge in [-0.3, -0.25) is 9.59 Å². The smallest absolute Gasteiger partial charge is 0.408 e. The van der Waals surface area contributed by atoms with Crippen LogP contribution in [0.4, 0.5) is 10.5 Å². The number of carbonyl (C=O) groups is 3. The Morgan fingerprint density at radius 3 is 2.16 bits per heavy atom. The number of nitrogens with one attached hydrogen (secondary N) is 2. The van der Waals surface area contributed by atoms with E-state index in [1.54, 1.807) is 37.4 Å². The summed E-state index contributed by atoms with van der Waals surface area (Å²) in [5.41, 5.74) is 3.73. The van der Waals surface area contributed by atoms with Crippen molar-refractivity contribution in [3.8, 4) is 0 Å². The van der Waals surface area contributed by atoms with E-state index in [9.17, 15) is 14.4 Å². The lowest BCUT2D eigenvalue weighted by molar-refractivity contribution is -0.141. The molecule has 0 bridgehead atoms. The number of carbonyl (C=O) groups excluding carboxylic acids is 3. The van der Waals surface area contributed by atoms with Crippen LogP contribution in [0, 0.1) is 20.8 Å². The molecule has 0 aliphatic carbocycles. The van der Waals surface area contributed by atoms with Crippen molar-refractivity contribution >= 4 is 35.4 Å². The van der Waals surface area contributed by atoms with E-state index in [-0.39, 0.29) is 11.8 Å². The van der Waals surface area contributed by atoms with E-state index in [4.69, 9.17) is 4.74 Å². The number of para-hydroxylation sites is 1. The topological polar surface area (TPSA) is 87.7 Å². The Hall–Kier alpha value is -3.00. The highest BCUT2D eigenvalue weighted by atomic mass is 32.2. The Kier molecular flexibility index (Phi) is 15.1. The van der Waals surface area contributed by atoms with E-state index >= 15 is 0 Å². The van der Waals surface area contributed by atoms with Crippen molar-refractivity contribution in [1.29, 1.82) is 0 Å². The summed E-state index contributed by atoms with van der Waals surface area (Å²) in [4.78, 5) is 43.3. The molecule has 0 aliphatic rings. The van der Waals surface area contributed by atoms with Gasteiger partial charge in [0.15, 0.2) is 0 Å². The van der Waals surface area contributed by atoms with Crippen molar-refractivity contribution in [3.63, 3.8) is 0 Å². The number of alkyl carbamates (subject to hydrolysis) is 1. The molecule has 0 saturated heterocycles. The average molecular weight is 612 g/mol. The van der Waals surface area contributed by atoms with Gasteiger partial charge in [0, 0.05) is 12.2 Å². The number of ether oxygens (including phenoxy) is 1. The molecule has 0 aliphatic heterocycles. The van der Waals surface area contributed by atoms with Crippen LogP contribution in [0.2, 0.25) is 0 Å². The Labute approximate surface area is 263 Å². The number of thioether (sulfide) groups is 1. The number of anilines is 1. The normalized spacial score (nSPS) is 12.7. The fraction of sp³-hybridized carbons (Fsp3) is 0.571. The third-order valence-electron chi connectivity index (χ3n) is 7.16. The van der Waals surface area contributed by atoms with Crippen LogP contribution in [0.5, 0.6) is 0 Å². The summed E-state index contributed by atoms with van der Waals surface area (Å²) in [6, 6.07) is 12.0. The van der Waals surface area contributed by atoms with Gasteiger partial charge < -0.3 is 20.3 Å². The lowest BCUT2D eigenvalue weighted by Crippen LogP contribution is -2.52. The molecule has 0 aromatic heterocycles. The largest absolute Gasteiger partial charge is 0.444 e. The number of nitrogens with zero attached hydrogens (tertiary/aromatic N) is 1. The molecule has 7 nitrogen and oxygen atoms in total. The molecule has 2 unspecified atom stereocenters. The molecule has 0 radical (unpaired) electrons. The van der Waals surface area contributed by atoms with E-state index in [1.165, 1.54) is 6.42 Å². The second kappa shape index (κ2) is 18.0. The van der Waals surface area contributed by atoms with Crippen LogP contribution < -0.4 is 10.6 Å². The molecule has 2 N–H and O–H groups in total. The zero-order valence-corrected chi connectivity index (χ0v) is 28.4. The quantitative estimate of drug-likeness (QED) is 0.187. The summed E-state index contributed by atoms with van der Waals surface area (Å²) in [7, 11) is 0. The van der Waals surface area contributed by atoms with Crippen molar-refractivity contribution in [2.75, 3.05) is 23.9 Å². The molecule has 43 heavy (non-hydrogen) atoms. The molecular formula is C35H53N3O4S. The predicted molar refractivity (Wildman–Crippen MR) is 180 cm³/mol. The van der Waals surface area contributed by atoms with Gasteiger partial charge in [-0.05, 0) is 83.6 Å². The lowest BCUT2D eigenvalue weighted by atomic mass is 9.97. The molecule has 238 valence electrons. The molecule has 2 aromatic rings. The van der Waals surface area contributed by atoms with E-state index in [0.717, 1.165) is 54.4 Å². The van der Waals surface area contributed by atoms with E-state index in [1.807, 2.05) is 63.4 Å². The molecule has 2 atom stereocenters. The van der Waals surface area contributed by atoms with Gasteiger partial charge in [-0.15, -0.1) is 0 Å². The zero-order chi connectivity index (χ0) is 32.0. The maximum absolute atomic E-state index is 14.5. The van der Waals surface area contributed by atoms with Gasteiger partial charge in [0.25, 0.3) is 5.91 Å². The Morgan fingerprint density at radius 1 is 0.930 bits per heavy atom. The molecule has 0 saturated carbocycles. The predicted octanol–water partition coefficient (Wildman–Crippen LogP) is 8.13. The summed E-state index contributed by atoms with van der Waals surface area (Å²) in [5, 5.41) is 5.94. The van der Waals surface area contributed by atoms with Crippen molar-refractivity contribution in [3.05, 3.63) is 64.7 Å². The first kappa shape index (κ1) is 36.2. The first-order chi connectivity index (χ1) is 20.4. The molecule has 0 spiro atoms. The first-order valence-corrected chi connectivity index (χ1v) is 17.0. The van der Waals surface area contributed by atoms with Crippen LogP contribution in [-0.2, 0) is 14.3 Å². The molecule has 2 aromatic carbocycles. The fourth-order valence-electron chi connectivity index (χ4n) is 5.13. The van der Waals surface area contributed by atoms with Gasteiger partial charge in [-0.1, -0.05) is 86.6 Å². The van der Waals surface area contributed by atoms with Gasteiger partial charge in [0.2, 0.25) is 5.91 Å². The van der Waals surface area contributed by atoms with Crippen LogP contribution in [0.15, 0.2) is 42.5 Å². The average Bonchev–Trinajstić information content (AvgIpc) is 2.91. The molecule has 2 rings (SSSR count). The highest BCUT2D eigenvalue weighted by molar-refractivity contribution is 7.98. The highest BCUT2D eigenvalue weighted by Gasteiger charge is 2.36. The third-order valence-corrected chi connectivity index (χ3v) is 7.80. The van der Waals surface area contributed by atoms with Crippen molar-refractivity contribution in [2.24, 2.45) is 0 Å². The molecular weight excluding hydrogens is 558 g/mol. The number of aryl methyl sites for hydroxylation is 3.